The molecule has 0 radical (unpaired) electrons. The Morgan fingerprint density at radius 3 is 2.86 bits per heavy atom. The summed E-state index contributed by atoms with van der Waals surface area (Å²) in [5.74, 6) is 0. The van der Waals surface area contributed by atoms with Gasteiger partial charge < -0.3 is 10.8 Å². The highest BCUT2D eigenvalue weighted by molar-refractivity contribution is 14.1. The predicted octanol–water partition coefficient (Wildman–Crippen LogP) is 2.74. The number of hydrogen-bond acceptors (Lipinski definition) is 3. The van der Waals surface area contributed by atoms with Crippen LogP contribution in [0.1, 0.15) is 13.3 Å². The zero-order valence-corrected chi connectivity index (χ0v) is 11.0. The van der Waals surface area contributed by atoms with Crippen LogP contribution in [0, 0.1) is 3.57 Å². The number of rotatable bonds is 4. The van der Waals surface area contributed by atoms with Crippen LogP contribution in [-0.4, -0.2) is 17.0 Å². The minimum Gasteiger partial charge on any atom is -0.398 e. The van der Waals surface area contributed by atoms with Gasteiger partial charge in [0, 0.05) is 26.0 Å². The summed E-state index contributed by atoms with van der Waals surface area (Å²) in [5, 5.41) is 9.19. The SMILES string of the molecule is CC(CCO)Sc1ccc(I)cc1N. The Morgan fingerprint density at radius 1 is 1.57 bits per heavy atom. The van der Waals surface area contributed by atoms with E-state index in [4.69, 9.17) is 10.8 Å². The lowest BCUT2D eigenvalue weighted by Gasteiger charge is -2.11. The minimum absolute atomic E-state index is 0.235. The maximum atomic E-state index is 8.78. The zero-order chi connectivity index (χ0) is 10.6. The second kappa shape index (κ2) is 5.82. The lowest BCUT2D eigenvalue weighted by Crippen LogP contribution is -2.00. The summed E-state index contributed by atoms with van der Waals surface area (Å²) in [6.07, 6.45) is 0.802. The second-order valence-electron chi connectivity index (χ2n) is 3.12. The third-order valence-electron chi connectivity index (χ3n) is 1.84. The maximum Gasteiger partial charge on any atom is 0.0462 e. The first-order valence-electron chi connectivity index (χ1n) is 4.46. The Hall–Kier alpha value is 0.0600. The van der Waals surface area contributed by atoms with Crippen molar-refractivity contribution in [1.29, 1.82) is 0 Å². The van der Waals surface area contributed by atoms with E-state index in [9.17, 15) is 0 Å². The van der Waals surface area contributed by atoms with Crippen LogP contribution in [0.4, 0.5) is 5.69 Å². The molecule has 0 aromatic heterocycles. The van der Waals surface area contributed by atoms with Gasteiger partial charge in [-0.1, -0.05) is 6.92 Å². The fourth-order valence-electron chi connectivity index (χ4n) is 1.08. The molecular weight excluding hydrogens is 309 g/mol. The molecule has 0 spiro atoms. The fraction of sp³-hybridized carbons (Fsp3) is 0.400. The molecule has 3 N–H and O–H groups in total. The fourth-order valence-corrected chi connectivity index (χ4v) is 2.60. The Bertz CT molecular complexity index is 306. The van der Waals surface area contributed by atoms with E-state index in [1.54, 1.807) is 11.8 Å². The Morgan fingerprint density at radius 2 is 2.29 bits per heavy atom. The number of halogens is 1. The molecule has 0 saturated carbocycles. The van der Waals surface area contributed by atoms with Crippen molar-refractivity contribution in [3.05, 3.63) is 21.8 Å². The number of nitrogen functional groups attached to an aromatic ring is 1. The number of aliphatic hydroxyl groups is 1. The van der Waals surface area contributed by atoms with Gasteiger partial charge in [-0.15, -0.1) is 11.8 Å². The second-order valence-corrected chi connectivity index (χ2v) is 5.85. The van der Waals surface area contributed by atoms with Crippen LogP contribution >= 0.6 is 34.4 Å². The van der Waals surface area contributed by atoms with Gasteiger partial charge in [-0.25, -0.2) is 0 Å². The zero-order valence-electron chi connectivity index (χ0n) is 8.03. The third-order valence-corrected chi connectivity index (χ3v) is 3.77. The molecule has 78 valence electrons. The van der Waals surface area contributed by atoms with Crippen LogP contribution in [0.3, 0.4) is 0 Å². The Labute approximate surface area is 102 Å². The summed E-state index contributed by atoms with van der Waals surface area (Å²) in [6.45, 7) is 2.33. The van der Waals surface area contributed by atoms with Gasteiger partial charge in [-0.2, -0.15) is 0 Å². The molecule has 14 heavy (non-hydrogen) atoms. The van der Waals surface area contributed by atoms with E-state index < -0.39 is 0 Å². The Kier molecular flexibility index (Phi) is 5.05. The number of anilines is 1. The predicted molar refractivity (Wildman–Crippen MR) is 70.6 cm³/mol. The number of benzene rings is 1. The summed E-state index contributed by atoms with van der Waals surface area (Å²) < 4.78 is 1.15. The van der Waals surface area contributed by atoms with Crippen molar-refractivity contribution < 1.29 is 5.11 Å². The number of thioether (sulfide) groups is 1. The largest absolute Gasteiger partial charge is 0.398 e. The standard InChI is InChI=1S/C10H14INOS/c1-7(4-5-13)14-10-3-2-8(11)6-9(10)12/h2-3,6-7,13H,4-5,12H2,1H3. The van der Waals surface area contributed by atoms with Crippen LogP contribution in [0.2, 0.25) is 0 Å². The van der Waals surface area contributed by atoms with Crippen LogP contribution in [0.5, 0.6) is 0 Å². The summed E-state index contributed by atoms with van der Waals surface area (Å²) in [6, 6.07) is 6.05. The molecule has 0 amide bonds. The third kappa shape index (κ3) is 3.67. The van der Waals surface area contributed by atoms with Crippen molar-refractivity contribution in [1.82, 2.24) is 0 Å². The molecule has 0 aliphatic carbocycles. The molecule has 0 aliphatic heterocycles. The molecule has 4 heteroatoms. The molecule has 1 unspecified atom stereocenters. The molecule has 0 aliphatic rings. The quantitative estimate of drug-likeness (QED) is 0.509. The van der Waals surface area contributed by atoms with E-state index in [2.05, 4.69) is 29.5 Å². The van der Waals surface area contributed by atoms with Gasteiger partial charge in [-0.3, -0.25) is 0 Å². The topological polar surface area (TPSA) is 46.2 Å². The van der Waals surface area contributed by atoms with Gasteiger partial charge in [0.1, 0.15) is 0 Å². The molecule has 0 heterocycles. The van der Waals surface area contributed by atoms with Crippen molar-refractivity contribution in [2.24, 2.45) is 0 Å². The average Bonchev–Trinajstić information content (AvgIpc) is 2.10. The average molecular weight is 323 g/mol. The van der Waals surface area contributed by atoms with Gasteiger partial charge in [0.25, 0.3) is 0 Å². The van der Waals surface area contributed by atoms with Gasteiger partial charge in [-0.05, 0) is 47.2 Å². The minimum atomic E-state index is 0.235. The van der Waals surface area contributed by atoms with Crippen LogP contribution in [-0.2, 0) is 0 Å². The lowest BCUT2D eigenvalue weighted by atomic mass is 10.3. The summed E-state index contributed by atoms with van der Waals surface area (Å²) in [7, 11) is 0. The molecule has 1 aromatic rings. The summed E-state index contributed by atoms with van der Waals surface area (Å²) >= 11 is 3.96. The molecule has 1 rings (SSSR count). The molecular formula is C10H14INOS. The summed E-state index contributed by atoms with van der Waals surface area (Å²) in [5.41, 5.74) is 6.70. The van der Waals surface area contributed by atoms with E-state index in [-0.39, 0.29) is 6.61 Å². The van der Waals surface area contributed by atoms with Crippen LogP contribution in [0.25, 0.3) is 0 Å². The normalized spacial score (nSPS) is 12.8. The van der Waals surface area contributed by atoms with Crippen molar-refractivity contribution in [3.8, 4) is 0 Å². The molecule has 1 aromatic carbocycles. The van der Waals surface area contributed by atoms with E-state index in [1.807, 2.05) is 18.2 Å². The first-order chi connectivity index (χ1) is 6.63. The maximum absolute atomic E-state index is 8.78. The Balaban J connectivity index is 2.67. The van der Waals surface area contributed by atoms with Crippen LogP contribution < -0.4 is 5.73 Å². The molecule has 0 fully saturated rings. The first kappa shape index (κ1) is 12.1. The van der Waals surface area contributed by atoms with Crippen molar-refractivity contribution in [2.75, 3.05) is 12.3 Å². The lowest BCUT2D eigenvalue weighted by molar-refractivity contribution is 0.289. The van der Waals surface area contributed by atoms with Crippen molar-refractivity contribution >= 4 is 40.0 Å². The highest BCUT2D eigenvalue weighted by Crippen LogP contribution is 2.30. The van der Waals surface area contributed by atoms with Gasteiger partial charge in [0.05, 0.1) is 0 Å². The van der Waals surface area contributed by atoms with E-state index in [0.29, 0.717) is 5.25 Å². The molecule has 0 bridgehead atoms. The van der Waals surface area contributed by atoms with Gasteiger partial charge in [0.2, 0.25) is 0 Å². The van der Waals surface area contributed by atoms with E-state index in [0.717, 1.165) is 20.6 Å². The number of hydrogen-bond donors (Lipinski definition) is 2. The first-order valence-corrected chi connectivity index (χ1v) is 6.42. The van der Waals surface area contributed by atoms with E-state index in [1.165, 1.54) is 0 Å². The van der Waals surface area contributed by atoms with Crippen LogP contribution in [0.15, 0.2) is 23.1 Å². The van der Waals surface area contributed by atoms with Crippen molar-refractivity contribution in [3.63, 3.8) is 0 Å². The number of nitrogens with two attached hydrogens (primary N) is 1. The smallest absolute Gasteiger partial charge is 0.0462 e. The highest BCUT2D eigenvalue weighted by Gasteiger charge is 2.06. The monoisotopic (exact) mass is 323 g/mol. The molecule has 1 atom stereocenters. The molecule has 0 saturated heterocycles. The van der Waals surface area contributed by atoms with Gasteiger partial charge in [0.15, 0.2) is 0 Å². The highest BCUT2D eigenvalue weighted by atomic mass is 127. The van der Waals surface area contributed by atoms with Crippen molar-refractivity contribution in [2.45, 2.75) is 23.5 Å². The van der Waals surface area contributed by atoms with Gasteiger partial charge >= 0.3 is 0 Å². The molecule has 2 nitrogen and oxygen atoms in total. The summed E-state index contributed by atoms with van der Waals surface area (Å²) in [4.78, 5) is 1.10. The number of aliphatic hydroxyl groups excluding tert-OH is 1. The van der Waals surface area contributed by atoms with E-state index >= 15 is 0 Å².